The van der Waals surface area contributed by atoms with Gasteiger partial charge in [-0.2, -0.15) is 0 Å². The summed E-state index contributed by atoms with van der Waals surface area (Å²) in [6, 6.07) is 1.30. The molecular weight excluding hydrogens is 242 g/mol. The Morgan fingerprint density at radius 2 is 2.16 bits per heavy atom. The van der Waals surface area contributed by atoms with Crippen LogP contribution in [0.4, 0.5) is 0 Å². The lowest BCUT2D eigenvalue weighted by Gasteiger charge is -2.33. The summed E-state index contributed by atoms with van der Waals surface area (Å²) in [4.78, 5) is 10.5. The molecule has 3 atom stereocenters. The Hall–Kier alpha value is -0.650. The molecule has 3 unspecified atom stereocenters. The zero-order valence-corrected chi connectivity index (χ0v) is 11.7. The van der Waals surface area contributed by atoms with Gasteiger partial charge < -0.3 is 21.1 Å². The van der Waals surface area contributed by atoms with Gasteiger partial charge in [0.05, 0.1) is 6.61 Å². The molecule has 0 radical (unpaired) electrons. The topological polar surface area (TPSA) is 76.4 Å². The average molecular weight is 269 g/mol. The summed E-state index contributed by atoms with van der Waals surface area (Å²) in [5.74, 6) is 0.363. The Balaban J connectivity index is 1.65. The molecule has 1 amide bonds. The third-order valence-corrected chi connectivity index (χ3v) is 4.33. The first-order valence-electron chi connectivity index (χ1n) is 7.60. The van der Waals surface area contributed by atoms with Gasteiger partial charge in [0.15, 0.2) is 0 Å². The lowest BCUT2D eigenvalue weighted by atomic mass is 9.88. The van der Waals surface area contributed by atoms with Crippen LogP contribution in [0.3, 0.4) is 0 Å². The SMILES string of the molecule is NC(=O)COCCNC1CCCC1C1CCCCN1. The van der Waals surface area contributed by atoms with Crippen LogP contribution in [0, 0.1) is 5.92 Å². The summed E-state index contributed by atoms with van der Waals surface area (Å²) in [7, 11) is 0. The van der Waals surface area contributed by atoms with Crippen LogP contribution < -0.4 is 16.4 Å². The van der Waals surface area contributed by atoms with Gasteiger partial charge in [0.25, 0.3) is 0 Å². The van der Waals surface area contributed by atoms with Crippen molar-refractivity contribution in [1.29, 1.82) is 0 Å². The van der Waals surface area contributed by atoms with Crippen molar-refractivity contribution in [3.8, 4) is 0 Å². The van der Waals surface area contributed by atoms with Crippen molar-refractivity contribution in [1.82, 2.24) is 10.6 Å². The quantitative estimate of drug-likeness (QED) is 0.584. The van der Waals surface area contributed by atoms with E-state index < -0.39 is 5.91 Å². The van der Waals surface area contributed by atoms with Crippen LogP contribution in [0.1, 0.15) is 38.5 Å². The fourth-order valence-corrected chi connectivity index (χ4v) is 3.46. The monoisotopic (exact) mass is 269 g/mol. The molecule has 4 N–H and O–H groups in total. The van der Waals surface area contributed by atoms with E-state index in [0.29, 0.717) is 18.7 Å². The number of carbonyl (C=O) groups excluding carboxylic acids is 1. The molecule has 2 rings (SSSR count). The van der Waals surface area contributed by atoms with Crippen molar-refractivity contribution in [3.05, 3.63) is 0 Å². The third kappa shape index (κ3) is 4.75. The van der Waals surface area contributed by atoms with Crippen molar-refractivity contribution >= 4 is 5.91 Å². The molecule has 0 aromatic carbocycles. The highest BCUT2D eigenvalue weighted by atomic mass is 16.5. The van der Waals surface area contributed by atoms with Gasteiger partial charge in [-0.1, -0.05) is 12.8 Å². The lowest BCUT2D eigenvalue weighted by molar-refractivity contribution is -0.122. The lowest BCUT2D eigenvalue weighted by Crippen LogP contribution is -2.47. The van der Waals surface area contributed by atoms with Crippen molar-refractivity contribution in [3.63, 3.8) is 0 Å². The molecule has 1 heterocycles. The van der Waals surface area contributed by atoms with Crippen molar-refractivity contribution in [2.45, 2.75) is 50.6 Å². The van der Waals surface area contributed by atoms with E-state index in [-0.39, 0.29) is 6.61 Å². The molecule has 19 heavy (non-hydrogen) atoms. The predicted molar refractivity (Wildman–Crippen MR) is 74.8 cm³/mol. The van der Waals surface area contributed by atoms with Gasteiger partial charge in [-0.3, -0.25) is 4.79 Å². The van der Waals surface area contributed by atoms with E-state index in [2.05, 4.69) is 10.6 Å². The van der Waals surface area contributed by atoms with Crippen LogP contribution in [0.15, 0.2) is 0 Å². The van der Waals surface area contributed by atoms with Gasteiger partial charge in [-0.15, -0.1) is 0 Å². The van der Waals surface area contributed by atoms with Crippen molar-refractivity contribution < 1.29 is 9.53 Å². The van der Waals surface area contributed by atoms with Gasteiger partial charge in [-0.25, -0.2) is 0 Å². The zero-order valence-electron chi connectivity index (χ0n) is 11.7. The van der Waals surface area contributed by atoms with E-state index in [4.69, 9.17) is 10.5 Å². The van der Waals surface area contributed by atoms with Gasteiger partial charge in [0.1, 0.15) is 6.61 Å². The molecule has 0 bridgehead atoms. The minimum atomic E-state index is -0.398. The fraction of sp³-hybridized carbons (Fsp3) is 0.929. The zero-order chi connectivity index (χ0) is 13.5. The smallest absolute Gasteiger partial charge is 0.243 e. The molecule has 1 aliphatic heterocycles. The normalized spacial score (nSPS) is 31.5. The van der Waals surface area contributed by atoms with Gasteiger partial charge >= 0.3 is 0 Å². The Kier molecular flexibility index (Phi) is 6.07. The molecule has 0 aromatic rings. The molecule has 1 saturated carbocycles. The molecule has 1 saturated heterocycles. The van der Waals surface area contributed by atoms with E-state index in [0.717, 1.165) is 12.5 Å². The number of primary amides is 1. The van der Waals surface area contributed by atoms with Crippen LogP contribution >= 0.6 is 0 Å². The van der Waals surface area contributed by atoms with Crippen molar-refractivity contribution in [2.75, 3.05) is 26.3 Å². The first-order valence-corrected chi connectivity index (χ1v) is 7.60. The number of nitrogens with two attached hydrogens (primary N) is 1. The van der Waals surface area contributed by atoms with E-state index in [1.165, 1.54) is 45.1 Å². The molecule has 2 fully saturated rings. The Bertz CT molecular complexity index is 280. The molecule has 110 valence electrons. The molecule has 2 aliphatic rings. The summed E-state index contributed by atoms with van der Waals surface area (Å²) in [6.45, 7) is 2.57. The predicted octanol–water partition coefficient (Wildman–Crippen LogP) is 0.389. The molecular formula is C14H27N3O2. The second-order valence-corrected chi connectivity index (χ2v) is 5.73. The van der Waals surface area contributed by atoms with Crippen molar-refractivity contribution in [2.24, 2.45) is 11.7 Å². The highest BCUT2D eigenvalue weighted by Gasteiger charge is 2.33. The number of hydrogen-bond acceptors (Lipinski definition) is 4. The Morgan fingerprint density at radius 1 is 1.26 bits per heavy atom. The summed E-state index contributed by atoms with van der Waals surface area (Å²) < 4.78 is 5.18. The van der Waals surface area contributed by atoms with E-state index in [9.17, 15) is 4.79 Å². The first kappa shape index (κ1) is 14.8. The second kappa shape index (κ2) is 7.82. The number of amides is 1. The molecule has 5 nitrogen and oxygen atoms in total. The minimum Gasteiger partial charge on any atom is -0.370 e. The Morgan fingerprint density at radius 3 is 2.89 bits per heavy atom. The largest absolute Gasteiger partial charge is 0.370 e. The molecule has 1 aliphatic carbocycles. The first-order chi connectivity index (χ1) is 9.27. The second-order valence-electron chi connectivity index (χ2n) is 5.73. The molecule has 0 spiro atoms. The van der Waals surface area contributed by atoms with E-state index >= 15 is 0 Å². The highest BCUT2D eigenvalue weighted by molar-refractivity contribution is 5.74. The number of carbonyl (C=O) groups is 1. The number of hydrogen-bond donors (Lipinski definition) is 3. The molecule has 5 heteroatoms. The van der Waals surface area contributed by atoms with E-state index in [1.54, 1.807) is 0 Å². The maximum atomic E-state index is 10.5. The summed E-state index contributed by atoms with van der Waals surface area (Å²) in [5.41, 5.74) is 5.02. The van der Waals surface area contributed by atoms with Gasteiger partial charge in [0.2, 0.25) is 5.91 Å². The number of piperidine rings is 1. The maximum absolute atomic E-state index is 10.5. The van der Waals surface area contributed by atoms with Crippen LogP contribution in [0.5, 0.6) is 0 Å². The standard InChI is InChI=1S/C14H27N3O2/c15-14(18)10-19-9-8-17-13-6-3-4-11(13)12-5-1-2-7-16-12/h11-13,16-17H,1-10H2,(H2,15,18). The van der Waals surface area contributed by atoms with Crippen LogP contribution in [0.2, 0.25) is 0 Å². The van der Waals surface area contributed by atoms with Gasteiger partial charge in [-0.05, 0) is 38.1 Å². The number of rotatable bonds is 7. The van der Waals surface area contributed by atoms with Crippen LogP contribution in [-0.2, 0) is 9.53 Å². The average Bonchev–Trinajstić information content (AvgIpc) is 2.87. The maximum Gasteiger partial charge on any atom is 0.243 e. The Labute approximate surface area is 115 Å². The van der Waals surface area contributed by atoms with E-state index in [1.807, 2.05) is 0 Å². The van der Waals surface area contributed by atoms with Crippen LogP contribution in [-0.4, -0.2) is 44.3 Å². The third-order valence-electron chi connectivity index (χ3n) is 4.33. The van der Waals surface area contributed by atoms with Crippen LogP contribution in [0.25, 0.3) is 0 Å². The summed E-state index contributed by atoms with van der Waals surface area (Å²) in [5, 5.41) is 7.26. The summed E-state index contributed by atoms with van der Waals surface area (Å²) in [6.07, 6.45) is 7.92. The highest BCUT2D eigenvalue weighted by Crippen LogP contribution is 2.31. The fourth-order valence-electron chi connectivity index (χ4n) is 3.46. The van der Waals surface area contributed by atoms with Gasteiger partial charge in [0, 0.05) is 18.6 Å². The minimum absolute atomic E-state index is 0.0277. The number of nitrogens with one attached hydrogen (secondary N) is 2. The summed E-state index contributed by atoms with van der Waals surface area (Å²) >= 11 is 0. The molecule has 0 aromatic heterocycles. The number of ether oxygens (including phenoxy) is 1.